The summed E-state index contributed by atoms with van der Waals surface area (Å²) in [5, 5.41) is 0. The third-order valence-corrected chi connectivity index (χ3v) is 7.69. The molecule has 0 radical (unpaired) electrons. The van der Waals surface area contributed by atoms with Gasteiger partial charge in [0.05, 0.1) is 19.8 Å². The van der Waals surface area contributed by atoms with Crippen LogP contribution in [0.4, 0.5) is 0 Å². The lowest BCUT2D eigenvalue weighted by Gasteiger charge is -2.22. The fourth-order valence-electron chi connectivity index (χ4n) is 3.29. The number of rotatable bonds is 24. The second-order valence-electron chi connectivity index (χ2n) is 8.25. The molecule has 0 bridgehead atoms. The first-order chi connectivity index (χ1) is 14.2. The van der Waals surface area contributed by atoms with E-state index in [9.17, 15) is 0 Å². The second-order valence-corrected chi connectivity index (χ2v) is 11.3. The van der Waals surface area contributed by atoms with Gasteiger partial charge in [0.2, 0.25) is 0 Å². The average Bonchev–Trinajstić information content (AvgIpc) is 2.72. The fraction of sp³-hybridized carbons (Fsp3) is 1.00. The summed E-state index contributed by atoms with van der Waals surface area (Å²) in [5.41, 5.74) is 0. The first kappa shape index (κ1) is 32.7. The van der Waals surface area contributed by atoms with Crippen molar-refractivity contribution in [3.05, 3.63) is 0 Å². The Morgan fingerprint density at radius 2 is 0.667 bits per heavy atom. The summed E-state index contributed by atoms with van der Waals surface area (Å²) in [6, 6.07) is 0. The second kappa shape index (κ2) is 25.7. The highest BCUT2D eigenvalue weighted by atomic mass is 32.5. The first-order valence-corrected chi connectivity index (χ1v) is 15.3. The molecule has 6 heteroatoms. The third-order valence-electron chi connectivity index (χ3n) is 5.24. The zero-order chi connectivity index (χ0) is 21.5. The van der Waals surface area contributed by atoms with Crippen molar-refractivity contribution < 1.29 is 13.6 Å². The van der Waals surface area contributed by atoms with Crippen LogP contribution in [0.1, 0.15) is 136 Å². The van der Waals surface area contributed by atoms with E-state index in [4.69, 9.17) is 25.4 Å². The molecule has 0 atom stereocenters. The van der Waals surface area contributed by atoms with E-state index in [1.54, 1.807) is 0 Å². The van der Waals surface area contributed by atoms with Crippen LogP contribution in [-0.4, -0.2) is 19.8 Å². The minimum absolute atomic E-state index is 0. The van der Waals surface area contributed by atoms with Crippen molar-refractivity contribution in [3.63, 3.8) is 0 Å². The van der Waals surface area contributed by atoms with Gasteiger partial charge in [-0.05, 0) is 31.1 Å². The Labute approximate surface area is 194 Å². The Hall–Kier alpha value is 0.490. The molecule has 184 valence electrons. The number of unbranched alkanes of at least 4 members (excludes halogenated alkanes) is 15. The van der Waals surface area contributed by atoms with E-state index in [1.165, 1.54) is 96.3 Å². The maximum atomic E-state index is 6.01. The van der Waals surface area contributed by atoms with Crippen molar-refractivity contribution in [2.24, 2.45) is 0 Å². The third kappa shape index (κ3) is 23.2. The van der Waals surface area contributed by atoms with Crippen LogP contribution in [0.2, 0.25) is 0 Å². The zero-order valence-electron chi connectivity index (χ0n) is 20.6. The van der Waals surface area contributed by atoms with Crippen molar-refractivity contribution in [1.82, 2.24) is 6.15 Å². The molecular formula is C24H54NO3PS. The molecule has 3 N–H and O–H groups in total. The number of hydrogen-bond acceptors (Lipinski definition) is 5. The van der Waals surface area contributed by atoms with Crippen molar-refractivity contribution >= 4 is 18.5 Å². The minimum Gasteiger partial charge on any atom is -0.344 e. The predicted octanol–water partition coefficient (Wildman–Crippen LogP) is 9.50. The summed E-state index contributed by atoms with van der Waals surface area (Å²) in [7, 11) is 0. The molecule has 0 saturated heterocycles. The lowest BCUT2D eigenvalue weighted by molar-refractivity contribution is 0.150. The van der Waals surface area contributed by atoms with Crippen molar-refractivity contribution in [1.29, 1.82) is 0 Å². The summed E-state index contributed by atoms with van der Waals surface area (Å²) in [5.74, 6) is 0. The highest BCUT2D eigenvalue weighted by Crippen LogP contribution is 2.50. The molecule has 0 aromatic rings. The molecule has 0 amide bonds. The van der Waals surface area contributed by atoms with Crippen LogP contribution in [-0.2, 0) is 25.4 Å². The fourth-order valence-corrected chi connectivity index (χ4v) is 5.24. The normalized spacial score (nSPS) is 11.6. The Morgan fingerprint density at radius 3 is 0.933 bits per heavy atom. The minimum atomic E-state index is -2.57. The van der Waals surface area contributed by atoms with Gasteiger partial charge in [-0.15, -0.1) is 0 Å². The maximum Gasteiger partial charge on any atom is 0.327 e. The Morgan fingerprint density at radius 1 is 0.433 bits per heavy atom. The van der Waals surface area contributed by atoms with E-state index in [-0.39, 0.29) is 6.15 Å². The predicted molar refractivity (Wildman–Crippen MR) is 137 cm³/mol. The van der Waals surface area contributed by atoms with Gasteiger partial charge in [0.15, 0.2) is 0 Å². The highest BCUT2D eigenvalue weighted by Gasteiger charge is 2.20. The van der Waals surface area contributed by atoms with Crippen molar-refractivity contribution in [2.45, 2.75) is 136 Å². The molecular weight excluding hydrogens is 413 g/mol. The molecule has 0 aliphatic heterocycles. The van der Waals surface area contributed by atoms with E-state index >= 15 is 0 Å². The molecule has 0 heterocycles. The van der Waals surface area contributed by atoms with Gasteiger partial charge in [-0.2, -0.15) is 0 Å². The molecule has 0 fully saturated rings. The quantitative estimate of drug-likeness (QED) is 0.113. The molecule has 0 aromatic heterocycles. The van der Waals surface area contributed by atoms with Gasteiger partial charge in [0.1, 0.15) is 0 Å². The van der Waals surface area contributed by atoms with Crippen LogP contribution in [0.5, 0.6) is 0 Å². The molecule has 0 rings (SSSR count). The molecule has 0 aliphatic rings. The van der Waals surface area contributed by atoms with Gasteiger partial charge in [-0.1, -0.05) is 117 Å². The number of hydrogen-bond donors (Lipinski definition) is 1. The van der Waals surface area contributed by atoms with E-state index in [2.05, 4.69) is 20.8 Å². The summed E-state index contributed by atoms with van der Waals surface area (Å²) >= 11 is 5.71. The van der Waals surface area contributed by atoms with Gasteiger partial charge < -0.3 is 19.7 Å². The van der Waals surface area contributed by atoms with Crippen LogP contribution in [0.25, 0.3) is 0 Å². The van der Waals surface area contributed by atoms with E-state index in [1.807, 2.05) is 0 Å². The van der Waals surface area contributed by atoms with E-state index in [0.717, 1.165) is 19.3 Å². The van der Waals surface area contributed by atoms with E-state index < -0.39 is 6.72 Å². The Kier molecular flexibility index (Phi) is 28.0. The first-order valence-electron chi connectivity index (χ1n) is 12.7. The molecule has 0 aliphatic carbocycles. The largest absolute Gasteiger partial charge is 0.344 e. The van der Waals surface area contributed by atoms with Crippen LogP contribution in [0.15, 0.2) is 0 Å². The lowest BCUT2D eigenvalue weighted by Crippen LogP contribution is -2.04. The van der Waals surface area contributed by atoms with Crippen LogP contribution in [0.3, 0.4) is 0 Å². The SMILES string of the molecule is CCCCCCCCOP(=S)(OCCCCCCCC)OCCCCCCCC.N. The maximum absolute atomic E-state index is 6.01. The molecule has 0 unspecified atom stereocenters. The lowest BCUT2D eigenvalue weighted by atomic mass is 10.1. The topological polar surface area (TPSA) is 62.7 Å². The van der Waals surface area contributed by atoms with E-state index in [0.29, 0.717) is 19.8 Å². The van der Waals surface area contributed by atoms with Gasteiger partial charge in [-0.3, -0.25) is 0 Å². The van der Waals surface area contributed by atoms with Crippen LogP contribution in [0, 0.1) is 0 Å². The molecule has 0 saturated carbocycles. The zero-order valence-corrected chi connectivity index (χ0v) is 22.3. The van der Waals surface area contributed by atoms with Crippen LogP contribution < -0.4 is 6.15 Å². The molecule has 0 spiro atoms. The summed E-state index contributed by atoms with van der Waals surface area (Å²) in [6.07, 6.45) is 22.5. The summed E-state index contributed by atoms with van der Waals surface area (Å²) in [4.78, 5) is 0. The molecule has 30 heavy (non-hydrogen) atoms. The Balaban J connectivity index is 0. The highest BCUT2D eigenvalue weighted by molar-refractivity contribution is 8.07. The molecule has 0 aromatic carbocycles. The Bertz CT molecular complexity index is 320. The molecule has 4 nitrogen and oxygen atoms in total. The summed E-state index contributed by atoms with van der Waals surface area (Å²) < 4.78 is 18.0. The van der Waals surface area contributed by atoms with Crippen molar-refractivity contribution in [3.8, 4) is 0 Å². The smallest absolute Gasteiger partial charge is 0.327 e. The van der Waals surface area contributed by atoms with Gasteiger partial charge in [0, 0.05) is 0 Å². The van der Waals surface area contributed by atoms with Gasteiger partial charge in [0.25, 0.3) is 0 Å². The summed E-state index contributed by atoms with van der Waals surface area (Å²) in [6.45, 7) is 6.22. The average molecular weight is 468 g/mol. The van der Waals surface area contributed by atoms with Crippen LogP contribution >= 0.6 is 6.72 Å². The monoisotopic (exact) mass is 467 g/mol. The standard InChI is InChI=1S/C24H51O3PS.H3N/c1-4-7-10-13-16-19-22-25-28(29,26-23-20-17-14-11-8-5-2)27-24-21-18-15-12-9-6-3;/h4-24H2,1-3H3;1H3. The van der Waals surface area contributed by atoms with Gasteiger partial charge in [-0.25, -0.2) is 0 Å². The van der Waals surface area contributed by atoms with Crippen molar-refractivity contribution in [2.75, 3.05) is 19.8 Å². The van der Waals surface area contributed by atoms with Gasteiger partial charge >= 0.3 is 6.72 Å².